The molecular weight excluding hydrogens is 258 g/mol. The fourth-order valence-electron chi connectivity index (χ4n) is 2.34. The van der Waals surface area contributed by atoms with Crippen LogP contribution in [-0.2, 0) is 4.74 Å². The van der Waals surface area contributed by atoms with Crippen LogP contribution in [0, 0.1) is 0 Å². The van der Waals surface area contributed by atoms with E-state index in [0.29, 0.717) is 0 Å². The van der Waals surface area contributed by atoms with E-state index in [-0.39, 0.29) is 18.2 Å². The number of aliphatic hydroxyl groups excluding tert-OH is 1. The maximum atomic E-state index is 11.6. The Morgan fingerprint density at radius 2 is 2.20 bits per heavy atom. The van der Waals surface area contributed by atoms with Crippen LogP contribution in [0.4, 0.5) is 4.79 Å². The first-order chi connectivity index (χ1) is 9.26. The molecule has 6 heteroatoms. The molecule has 1 saturated carbocycles. The van der Waals surface area contributed by atoms with Gasteiger partial charge in [0.25, 0.3) is 0 Å². The van der Waals surface area contributed by atoms with Crippen molar-refractivity contribution in [3.8, 4) is 0 Å². The molecule has 1 aliphatic carbocycles. The quantitative estimate of drug-likeness (QED) is 0.890. The van der Waals surface area contributed by atoms with Gasteiger partial charge in [0.1, 0.15) is 5.60 Å². The maximum absolute atomic E-state index is 11.6. The number of amides is 1. The lowest BCUT2D eigenvalue weighted by atomic mass is 9.86. The third-order valence-corrected chi connectivity index (χ3v) is 3.31. The Morgan fingerprint density at radius 1 is 1.55 bits per heavy atom. The number of nitrogens with one attached hydrogen (secondary N) is 1. The van der Waals surface area contributed by atoms with E-state index in [9.17, 15) is 9.90 Å². The first kappa shape index (κ1) is 14.8. The van der Waals surface area contributed by atoms with Gasteiger partial charge in [-0.25, -0.2) is 4.79 Å². The van der Waals surface area contributed by atoms with Gasteiger partial charge in [0.15, 0.2) is 0 Å². The highest BCUT2D eigenvalue weighted by Gasteiger charge is 2.34. The molecule has 0 radical (unpaired) electrons. The monoisotopic (exact) mass is 281 g/mol. The molecule has 2 rings (SSSR count). The van der Waals surface area contributed by atoms with Crippen molar-refractivity contribution in [2.24, 2.45) is 0 Å². The van der Waals surface area contributed by atoms with Crippen LogP contribution < -0.4 is 5.32 Å². The normalized spacial score (nSPS) is 23.9. The molecule has 1 aromatic heterocycles. The van der Waals surface area contributed by atoms with Crippen molar-refractivity contribution >= 4 is 6.09 Å². The molecule has 6 nitrogen and oxygen atoms in total. The fourth-order valence-corrected chi connectivity index (χ4v) is 2.34. The molecule has 0 saturated heterocycles. The van der Waals surface area contributed by atoms with Crippen LogP contribution in [-0.4, -0.2) is 32.6 Å². The number of carbonyl (C=O) groups is 1. The second-order valence-corrected chi connectivity index (χ2v) is 6.34. The Balaban J connectivity index is 1.83. The number of alkyl carbamates (subject to hydrolysis) is 1. The molecule has 0 spiro atoms. The average molecular weight is 281 g/mol. The lowest BCUT2D eigenvalue weighted by Gasteiger charge is -2.37. The van der Waals surface area contributed by atoms with Crippen LogP contribution in [0.15, 0.2) is 12.3 Å². The fraction of sp³-hybridized carbons (Fsp3) is 0.714. The highest BCUT2D eigenvalue weighted by atomic mass is 16.6. The third-order valence-electron chi connectivity index (χ3n) is 3.31. The second-order valence-electron chi connectivity index (χ2n) is 6.34. The lowest BCUT2D eigenvalue weighted by molar-refractivity contribution is 0.0448. The Hall–Kier alpha value is -1.56. The smallest absolute Gasteiger partial charge is 0.407 e. The molecular formula is C14H23N3O3. The zero-order valence-corrected chi connectivity index (χ0v) is 12.5. The topological polar surface area (TPSA) is 76.4 Å². The molecule has 1 aromatic rings. The van der Waals surface area contributed by atoms with E-state index in [0.717, 1.165) is 18.5 Å². The number of ether oxygens (including phenoxy) is 1. The first-order valence-corrected chi connectivity index (χ1v) is 6.97. The number of nitrogens with zero attached hydrogens (tertiary/aromatic N) is 2. The number of carbonyl (C=O) groups excluding carboxylic acids is 1. The van der Waals surface area contributed by atoms with Gasteiger partial charge in [-0.2, -0.15) is 5.10 Å². The van der Waals surface area contributed by atoms with E-state index in [4.69, 9.17) is 4.74 Å². The molecule has 0 aliphatic heterocycles. The van der Waals surface area contributed by atoms with Gasteiger partial charge in [-0.05, 0) is 46.6 Å². The first-order valence-electron chi connectivity index (χ1n) is 6.97. The number of rotatable bonds is 3. The van der Waals surface area contributed by atoms with Crippen LogP contribution in [0.25, 0.3) is 0 Å². The molecule has 0 bridgehead atoms. The van der Waals surface area contributed by atoms with Crippen molar-refractivity contribution in [3.63, 3.8) is 0 Å². The molecule has 1 unspecified atom stereocenters. The van der Waals surface area contributed by atoms with Crippen molar-refractivity contribution < 1.29 is 14.6 Å². The van der Waals surface area contributed by atoms with Gasteiger partial charge in [0, 0.05) is 12.2 Å². The summed E-state index contributed by atoms with van der Waals surface area (Å²) < 4.78 is 7.06. The van der Waals surface area contributed by atoms with Gasteiger partial charge in [0.05, 0.1) is 17.8 Å². The third kappa shape index (κ3) is 3.50. The summed E-state index contributed by atoms with van der Waals surface area (Å²) >= 11 is 0. The summed E-state index contributed by atoms with van der Waals surface area (Å²) in [4.78, 5) is 11.6. The SMILES string of the molecule is CC(O)c1ccnn1[C@H]1C[C@H](NC(=O)OC(C)(C)C)C1. The summed E-state index contributed by atoms with van der Waals surface area (Å²) in [6.07, 6.45) is 2.39. The molecule has 2 N–H and O–H groups in total. The lowest BCUT2D eigenvalue weighted by Crippen LogP contribution is -2.47. The summed E-state index contributed by atoms with van der Waals surface area (Å²) in [5.41, 5.74) is 0.333. The summed E-state index contributed by atoms with van der Waals surface area (Å²) in [6, 6.07) is 2.16. The van der Waals surface area contributed by atoms with Gasteiger partial charge >= 0.3 is 6.09 Å². The zero-order valence-electron chi connectivity index (χ0n) is 12.5. The van der Waals surface area contributed by atoms with Crippen molar-refractivity contribution in [2.45, 2.75) is 64.3 Å². The maximum Gasteiger partial charge on any atom is 0.407 e. The van der Waals surface area contributed by atoms with Crippen LogP contribution >= 0.6 is 0 Å². The van der Waals surface area contributed by atoms with Crippen molar-refractivity contribution in [1.82, 2.24) is 15.1 Å². The summed E-state index contributed by atoms with van der Waals surface area (Å²) in [7, 11) is 0. The largest absolute Gasteiger partial charge is 0.444 e. The predicted molar refractivity (Wildman–Crippen MR) is 74.3 cm³/mol. The highest BCUT2D eigenvalue weighted by molar-refractivity contribution is 5.68. The number of hydrogen-bond acceptors (Lipinski definition) is 4. The number of aromatic nitrogens is 2. The minimum Gasteiger partial charge on any atom is -0.444 e. The molecule has 1 atom stereocenters. The van der Waals surface area contributed by atoms with Gasteiger partial charge in [0.2, 0.25) is 0 Å². The molecule has 20 heavy (non-hydrogen) atoms. The summed E-state index contributed by atoms with van der Waals surface area (Å²) in [6.45, 7) is 7.25. The zero-order chi connectivity index (χ0) is 14.9. The minimum absolute atomic E-state index is 0.112. The molecule has 1 aliphatic rings. The average Bonchev–Trinajstić information content (AvgIpc) is 2.68. The van der Waals surface area contributed by atoms with Gasteiger partial charge in [-0.3, -0.25) is 4.68 Å². The van der Waals surface area contributed by atoms with E-state index in [1.807, 2.05) is 31.5 Å². The Kier molecular flexibility index (Phi) is 4.04. The van der Waals surface area contributed by atoms with Crippen molar-refractivity contribution in [3.05, 3.63) is 18.0 Å². The number of hydrogen-bond donors (Lipinski definition) is 2. The summed E-state index contributed by atoms with van der Waals surface area (Å²) in [5.74, 6) is 0. The van der Waals surface area contributed by atoms with E-state index >= 15 is 0 Å². The Bertz CT molecular complexity index is 470. The van der Waals surface area contributed by atoms with E-state index in [1.165, 1.54) is 0 Å². The van der Waals surface area contributed by atoms with E-state index < -0.39 is 11.7 Å². The Labute approximate surface area is 119 Å². The molecule has 112 valence electrons. The predicted octanol–water partition coefficient (Wildman–Crippen LogP) is 2.16. The Morgan fingerprint density at radius 3 is 2.75 bits per heavy atom. The highest BCUT2D eigenvalue weighted by Crippen LogP contribution is 2.34. The van der Waals surface area contributed by atoms with Crippen LogP contribution in [0.5, 0.6) is 0 Å². The van der Waals surface area contributed by atoms with E-state index in [1.54, 1.807) is 13.1 Å². The van der Waals surface area contributed by atoms with Gasteiger partial charge < -0.3 is 15.2 Å². The minimum atomic E-state index is -0.532. The standard InChI is InChI=1S/C14H23N3O3/c1-9(18)12-5-6-15-17(12)11-7-10(8-11)16-13(19)20-14(2,3)4/h5-6,9-11,18H,7-8H2,1-4H3,(H,16,19)/t9?,10-,11-. The molecule has 1 fully saturated rings. The van der Waals surface area contributed by atoms with Crippen LogP contribution in [0.1, 0.15) is 58.4 Å². The van der Waals surface area contributed by atoms with E-state index in [2.05, 4.69) is 10.4 Å². The van der Waals surface area contributed by atoms with Crippen LogP contribution in [0.2, 0.25) is 0 Å². The van der Waals surface area contributed by atoms with Crippen molar-refractivity contribution in [2.75, 3.05) is 0 Å². The van der Waals surface area contributed by atoms with Crippen LogP contribution in [0.3, 0.4) is 0 Å². The van der Waals surface area contributed by atoms with Crippen molar-refractivity contribution in [1.29, 1.82) is 0 Å². The molecule has 1 amide bonds. The van der Waals surface area contributed by atoms with Gasteiger partial charge in [-0.1, -0.05) is 0 Å². The molecule has 1 heterocycles. The molecule has 0 aromatic carbocycles. The second kappa shape index (κ2) is 5.44. The van der Waals surface area contributed by atoms with Gasteiger partial charge in [-0.15, -0.1) is 0 Å². The summed E-state index contributed by atoms with van der Waals surface area (Å²) in [5, 5.41) is 16.7. The number of aliphatic hydroxyl groups is 1.